The molecular weight excluding hydrogens is 272 g/mol. The van der Waals surface area contributed by atoms with Crippen LogP contribution in [0.4, 0.5) is 0 Å². The molecule has 2 nitrogen and oxygen atoms in total. The number of nitrogens with one attached hydrogen (secondary N) is 1. The largest absolute Gasteiger partial charge is 0.329 e. The summed E-state index contributed by atoms with van der Waals surface area (Å²) >= 11 is 3.65. The predicted octanol–water partition coefficient (Wildman–Crippen LogP) is 3.90. The fourth-order valence-electron chi connectivity index (χ4n) is 1.88. The molecular formula is C15H22N2S2. The van der Waals surface area contributed by atoms with Gasteiger partial charge in [-0.3, -0.25) is 0 Å². The van der Waals surface area contributed by atoms with Crippen LogP contribution in [0.2, 0.25) is 0 Å². The van der Waals surface area contributed by atoms with E-state index in [1.54, 1.807) is 11.3 Å². The van der Waals surface area contributed by atoms with Gasteiger partial charge in [0.2, 0.25) is 0 Å². The van der Waals surface area contributed by atoms with Crippen molar-refractivity contribution in [3.8, 4) is 0 Å². The molecule has 1 unspecified atom stereocenters. The lowest BCUT2D eigenvalue weighted by molar-refractivity contribution is 0.553. The van der Waals surface area contributed by atoms with E-state index in [1.165, 1.54) is 14.6 Å². The highest BCUT2D eigenvalue weighted by atomic mass is 32.1. The summed E-state index contributed by atoms with van der Waals surface area (Å²) in [5.74, 6) is 0. The van der Waals surface area contributed by atoms with E-state index in [-0.39, 0.29) is 11.5 Å². The Balaban J connectivity index is 2.03. The minimum absolute atomic E-state index is 0.218. The molecule has 19 heavy (non-hydrogen) atoms. The Kier molecular flexibility index (Phi) is 4.79. The van der Waals surface area contributed by atoms with E-state index in [2.05, 4.69) is 55.7 Å². The third-order valence-electron chi connectivity index (χ3n) is 3.05. The van der Waals surface area contributed by atoms with Crippen molar-refractivity contribution in [2.45, 2.75) is 38.8 Å². The molecule has 0 aliphatic rings. The Morgan fingerprint density at radius 2 is 2.05 bits per heavy atom. The van der Waals surface area contributed by atoms with Crippen molar-refractivity contribution < 1.29 is 0 Å². The maximum atomic E-state index is 5.91. The zero-order valence-corrected chi connectivity index (χ0v) is 13.4. The van der Waals surface area contributed by atoms with Gasteiger partial charge in [-0.05, 0) is 29.0 Å². The minimum Gasteiger partial charge on any atom is -0.329 e. The van der Waals surface area contributed by atoms with Crippen LogP contribution in [0.3, 0.4) is 0 Å². The molecule has 0 aromatic carbocycles. The lowest BCUT2D eigenvalue weighted by Crippen LogP contribution is -2.26. The van der Waals surface area contributed by atoms with E-state index in [0.717, 1.165) is 6.54 Å². The number of hydrogen-bond donors (Lipinski definition) is 2. The van der Waals surface area contributed by atoms with Crippen LogP contribution in [0, 0.1) is 0 Å². The van der Waals surface area contributed by atoms with E-state index >= 15 is 0 Å². The van der Waals surface area contributed by atoms with Crippen LogP contribution in [0.15, 0.2) is 29.6 Å². The lowest BCUT2D eigenvalue weighted by atomic mass is 9.95. The first-order valence-corrected chi connectivity index (χ1v) is 8.26. The van der Waals surface area contributed by atoms with Gasteiger partial charge in [0, 0.05) is 27.7 Å². The second-order valence-corrected chi connectivity index (χ2v) is 7.85. The van der Waals surface area contributed by atoms with Crippen LogP contribution in [0.1, 0.15) is 41.4 Å². The first kappa shape index (κ1) is 14.7. The lowest BCUT2D eigenvalue weighted by Gasteiger charge is -2.17. The Labute approximate surface area is 123 Å². The Hall–Kier alpha value is -0.680. The van der Waals surface area contributed by atoms with Gasteiger partial charge in [-0.2, -0.15) is 0 Å². The molecule has 0 bridgehead atoms. The molecule has 0 saturated carbocycles. The van der Waals surface area contributed by atoms with Crippen LogP contribution in [-0.4, -0.2) is 6.54 Å². The van der Waals surface area contributed by atoms with Gasteiger partial charge in [0.25, 0.3) is 0 Å². The molecule has 2 aromatic rings. The maximum Gasteiger partial charge on any atom is 0.0542 e. The highest BCUT2D eigenvalue weighted by molar-refractivity contribution is 7.12. The number of nitrogens with two attached hydrogens (primary N) is 1. The Bertz CT molecular complexity index is 494. The molecule has 0 saturated heterocycles. The molecule has 0 fully saturated rings. The zero-order chi connectivity index (χ0) is 13.9. The van der Waals surface area contributed by atoms with Crippen molar-refractivity contribution in [3.05, 3.63) is 44.3 Å². The fraction of sp³-hybridized carbons (Fsp3) is 0.467. The molecule has 1 atom stereocenters. The summed E-state index contributed by atoms with van der Waals surface area (Å²) in [4.78, 5) is 4.11. The number of thiophene rings is 2. The molecule has 2 aromatic heterocycles. The zero-order valence-electron chi connectivity index (χ0n) is 11.8. The molecule has 2 rings (SSSR count). The van der Waals surface area contributed by atoms with Crippen molar-refractivity contribution in [3.63, 3.8) is 0 Å². The number of hydrogen-bond acceptors (Lipinski definition) is 4. The normalized spacial score (nSPS) is 13.7. The van der Waals surface area contributed by atoms with Crippen molar-refractivity contribution >= 4 is 22.7 Å². The quantitative estimate of drug-likeness (QED) is 0.878. The van der Waals surface area contributed by atoms with Crippen molar-refractivity contribution in [1.29, 1.82) is 0 Å². The summed E-state index contributed by atoms with van der Waals surface area (Å²) in [5, 5.41) is 5.66. The molecule has 0 aliphatic carbocycles. The third-order valence-corrected chi connectivity index (χ3v) is 5.55. The van der Waals surface area contributed by atoms with Crippen molar-refractivity contribution in [2.75, 3.05) is 6.54 Å². The van der Waals surface area contributed by atoms with Gasteiger partial charge in [-0.15, -0.1) is 22.7 Å². The summed E-state index contributed by atoms with van der Waals surface area (Å²) in [6.07, 6.45) is 0. The second-order valence-electron chi connectivity index (χ2n) is 5.70. The molecule has 2 heterocycles. The average molecular weight is 294 g/mol. The van der Waals surface area contributed by atoms with Gasteiger partial charge in [0.15, 0.2) is 0 Å². The van der Waals surface area contributed by atoms with Crippen molar-refractivity contribution in [1.82, 2.24) is 5.32 Å². The molecule has 104 valence electrons. The van der Waals surface area contributed by atoms with E-state index in [4.69, 9.17) is 5.73 Å². The molecule has 0 spiro atoms. The van der Waals surface area contributed by atoms with E-state index in [9.17, 15) is 0 Å². The van der Waals surface area contributed by atoms with Crippen molar-refractivity contribution in [2.24, 2.45) is 5.73 Å². The monoisotopic (exact) mass is 294 g/mol. The third kappa shape index (κ3) is 3.89. The average Bonchev–Trinajstić information content (AvgIpc) is 2.98. The first-order chi connectivity index (χ1) is 9.00. The number of rotatable bonds is 5. The smallest absolute Gasteiger partial charge is 0.0542 e. The van der Waals surface area contributed by atoms with E-state index in [0.29, 0.717) is 6.54 Å². The Morgan fingerprint density at radius 1 is 1.26 bits per heavy atom. The standard InChI is InChI=1S/C15H22N2S2/c1-15(2,3)14-7-6-13(19-14)12(9-16)17-10-11-5-4-8-18-11/h4-8,12,17H,9-10,16H2,1-3H3. The first-order valence-electron chi connectivity index (χ1n) is 6.57. The van der Waals surface area contributed by atoms with Gasteiger partial charge in [0.05, 0.1) is 6.04 Å². The van der Waals surface area contributed by atoms with Crippen LogP contribution >= 0.6 is 22.7 Å². The molecule has 3 N–H and O–H groups in total. The summed E-state index contributed by atoms with van der Waals surface area (Å²) in [6, 6.07) is 8.94. The summed E-state index contributed by atoms with van der Waals surface area (Å²) in [5.41, 5.74) is 6.13. The van der Waals surface area contributed by atoms with Gasteiger partial charge in [-0.25, -0.2) is 0 Å². The SMILES string of the molecule is CC(C)(C)c1ccc(C(CN)NCc2cccs2)s1. The van der Waals surface area contributed by atoms with Crippen LogP contribution in [0.5, 0.6) is 0 Å². The van der Waals surface area contributed by atoms with Gasteiger partial charge in [0.1, 0.15) is 0 Å². The van der Waals surface area contributed by atoms with Crippen LogP contribution in [-0.2, 0) is 12.0 Å². The summed E-state index contributed by atoms with van der Waals surface area (Å²) in [6.45, 7) is 8.27. The summed E-state index contributed by atoms with van der Waals surface area (Å²) < 4.78 is 0. The molecule has 0 amide bonds. The predicted molar refractivity (Wildman–Crippen MR) is 86.0 cm³/mol. The topological polar surface area (TPSA) is 38.0 Å². The van der Waals surface area contributed by atoms with Crippen LogP contribution < -0.4 is 11.1 Å². The van der Waals surface area contributed by atoms with Crippen LogP contribution in [0.25, 0.3) is 0 Å². The van der Waals surface area contributed by atoms with Gasteiger partial charge in [-0.1, -0.05) is 26.8 Å². The minimum atomic E-state index is 0.218. The maximum absolute atomic E-state index is 5.91. The highest BCUT2D eigenvalue weighted by Crippen LogP contribution is 2.32. The Morgan fingerprint density at radius 3 is 2.58 bits per heavy atom. The molecule has 0 radical (unpaired) electrons. The summed E-state index contributed by atoms with van der Waals surface area (Å²) in [7, 11) is 0. The molecule has 4 heteroatoms. The highest BCUT2D eigenvalue weighted by Gasteiger charge is 2.19. The second kappa shape index (κ2) is 6.18. The van der Waals surface area contributed by atoms with Gasteiger partial charge >= 0.3 is 0 Å². The van der Waals surface area contributed by atoms with Gasteiger partial charge < -0.3 is 11.1 Å². The fourth-order valence-corrected chi connectivity index (χ4v) is 3.69. The molecule has 0 aliphatic heterocycles. The van der Waals surface area contributed by atoms with E-state index < -0.39 is 0 Å². The van der Waals surface area contributed by atoms with E-state index in [1.807, 2.05) is 11.3 Å².